The zero-order chi connectivity index (χ0) is 14.5. The van der Waals surface area contributed by atoms with E-state index in [9.17, 15) is 4.79 Å². The number of carbonyl (C=O) groups is 1. The number of benzene rings is 1. The van der Waals surface area contributed by atoms with Gasteiger partial charge in [-0.25, -0.2) is 0 Å². The first-order valence-corrected chi connectivity index (χ1v) is 6.91. The molecule has 0 bridgehead atoms. The standard InChI is InChI=1S/C18H21NO/c1-2-3-4-5-6-7-11-14-18(20)19-16-15-17-12-9-8-10-13-17/h2-3,8-14H,6-7,15-16H2,1H3,(H,19,20). The molecule has 2 heteroatoms. The molecule has 0 atom stereocenters. The molecule has 1 aromatic carbocycles. The lowest BCUT2D eigenvalue weighted by molar-refractivity contribution is -0.116. The van der Waals surface area contributed by atoms with Gasteiger partial charge in [0.15, 0.2) is 0 Å². The highest BCUT2D eigenvalue weighted by molar-refractivity contribution is 5.87. The maximum Gasteiger partial charge on any atom is 0.243 e. The Bertz CT molecular complexity index is 503. The third-order valence-corrected chi connectivity index (χ3v) is 2.61. The van der Waals surface area contributed by atoms with Gasteiger partial charge in [-0.15, -0.1) is 0 Å². The van der Waals surface area contributed by atoms with Crippen LogP contribution in [0.25, 0.3) is 0 Å². The van der Waals surface area contributed by atoms with Crippen molar-refractivity contribution in [3.05, 3.63) is 60.2 Å². The molecule has 0 aliphatic carbocycles. The van der Waals surface area contributed by atoms with Crippen LogP contribution in [0.3, 0.4) is 0 Å². The van der Waals surface area contributed by atoms with Crippen LogP contribution in [0, 0.1) is 11.8 Å². The topological polar surface area (TPSA) is 29.1 Å². The van der Waals surface area contributed by atoms with Crippen LogP contribution in [0.1, 0.15) is 25.3 Å². The van der Waals surface area contributed by atoms with Crippen LogP contribution in [-0.4, -0.2) is 12.5 Å². The van der Waals surface area contributed by atoms with Gasteiger partial charge in [-0.3, -0.25) is 4.79 Å². The lowest BCUT2D eigenvalue weighted by Gasteiger charge is -2.02. The van der Waals surface area contributed by atoms with Gasteiger partial charge in [0.2, 0.25) is 5.91 Å². The number of nitrogens with one attached hydrogen (secondary N) is 1. The van der Waals surface area contributed by atoms with Crippen molar-refractivity contribution < 1.29 is 4.79 Å². The van der Waals surface area contributed by atoms with Crippen LogP contribution < -0.4 is 5.32 Å². The van der Waals surface area contributed by atoms with Crippen molar-refractivity contribution in [1.29, 1.82) is 0 Å². The largest absolute Gasteiger partial charge is 0.352 e. The zero-order valence-electron chi connectivity index (χ0n) is 11.9. The van der Waals surface area contributed by atoms with Gasteiger partial charge in [-0.05, 0) is 37.5 Å². The van der Waals surface area contributed by atoms with Crippen LogP contribution in [0.4, 0.5) is 0 Å². The summed E-state index contributed by atoms with van der Waals surface area (Å²) in [4.78, 5) is 11.5. The second-order valence-corrected chi connectivity index (χ2v) is 4.29. The zero-order valence-corrected chi connectivity index (χ0v) is 11.9. The highest BCUT2D eigenvalue weighted by atomic mass is 16.1. The molecule has 0 spiro atoms. The minimum absolute atomic E-state index is 0.0395. The van der Waals surface area contributed by atoms with E-state index in [0.717, 1.165) is 19.3 Å². The minimum Gasteiger partial charge on any atom is -0.352 e. The second kappa shape index (κ2) is 10.6. The molecule has 0 unspecified atom stereocenters. The first-order valence-electron chi connectivity index (χ1n) is 6.91. The van der Waals surface area contributed by atoms with E-state index in [4.69, 9.17) is 0 Å². The molecule has 0 aromatic heterocycles. The molecule has 1 rings (SSSR count). The number of allylic oxidation sites excluding steroid dienone is 3. The normalized spacial score (nSPS) is 10.4. The van der Waals surface area contributed by atoms with Crippen molar-refractivity contribution in [2.24, 2.45) is 0 Å². The molecule has 1 aromatic rings. The molecule has 0 aliphatic rings. The Morgan fingerprint density at radius 1 is 1.30 bits per heavy atom. The Balaban J connectivity index is 2.13. The Hall–Kier alpha value is -2.27. The number of carbonyl (C=O) groups excluding carboxylic acids is 1. The van der Waals surface area contributed by atoms with Gasteiger partial charge in [0.05, 0.1) is 0 Å². The van der Waals surface area contributed by atoms with E-state index in [1.165, 1.54) is 5.56 Å². The summed E-state index contributed by atoms with van der Waals surface area (Å²) in [5.74, 6) is 5.88. The highest BCUT2D eigenvalue weighted by Crippen LogP contribution is 1.98. The number of unbranched alkanes of at least 4 members (excludes halogenated alkanes) is 1. The minimum atomic E-state index is -0.0395. The van der Waals surface area contributed by atoms with Gasteiger partial charge in [0.25, 0.3) is 0 Å². The van der Waals surface area contributed by atoms with E-state index in [1.807, 2.05) is 43.4 Å². The first-order chi connectivity index (χ1) is 9.83. The summed E-state index contributed by atoms with van der Waals surface area (Å²) in [5, 5.41) is 2.87. The average molecular weight is 267 g/mol. The molecule has 2 nitrogen and oxygen atoms in total. The third kappa shape index (κ3) is 7.94. The second-order valence-electron chi connectivity index (χ2n) is 4.29. The first kappa shape index (κ1) is 15.8. The summed E-state index contributed by atoms with van der Waals surface area (Å²) in [6.07, 6.45) is 9.61. The van der Waals surface area contributed by atoms with E-state index >= 15 is 0 Å². The van der Waals surface area contributed by atoms with E-state index in [2.05, 4.69) is 29.3 Å². The predicted octanol–water partition coefficient (Wildman–Crippen LogP) is 3.26. The van der Waals surface area contributed by atoms with Crippen LogP contribution in [0.15, 0.2) is 54.6 Å². The van der Waals surface area contributed by atoms with E-state index < -0.39 is 0 Å². The lowest BCUT2D eigenvalue weighted by atomic mass is 10.1. The molecule has 20 heavy (non-hydrogen) atoms. The molecule has 0 radical (unpaired) electrons. The predicted molar refractivity (Wildman–Crippen MR) is 84.1 cm³/mol. The summed E-state index contributed by atoms with van der Waals surface area (Å²) >= 11 is 0. The number of amides is 1. The molecule has 0 fully saturated rings. The van der Waals surface area contributed by atoms with Crippen molar-refractivity contribution >= 4 is 5.91 Å². The van der Waals surface area contributed by atoms with Crippen molar-refractivity contribution in [3.63, 3.8) is 0 Å². The Kier molecular flexibility index (Phi) is 8.39. The Morgan fingerprint density at radius 2 is 2.10 bits per heavy atom. The smallest absolute Gasteiger partial charge is 0.243 e. The summed E-state index contributed by atoms with van der Waals surface area (Å²) in [6.45, 7) is 2.60. The third-order valence-electron chi connectivity index (χ3n) is 2.61. The van der Waals surface area contributed by atoms with E-state index in [0.29, 0.717) is 6.54 Å². The summed E-state index contributed by atoms with van der Waals surface area (Å²) in [7, 11) is 0. The Labute approximate surface area is 121 Å². The van der Waals surface area contributed by atoms with Gasteiger partial charge in [-0.1, -0.05) is 54.3 Å². The number of hydrogen-bond donors (Lipinski definition) is 1. The van der Waals surface area contributed by atoms with Gasteiger partial charge < -0.3 is 5.32 Å². The van der Waals surface area contributed by atoms with E-state index in [1.54, 1.807) is 6.08 Å². The van der Waals surface area contributed by atoms with Gasteiger partial charge in [0.1, 0.15) is 0 Å². The fraction of sp³-hybridized carbons (Fsp3) is 0.278. The van der Waals surface area contributed by atoms with Crippen molar-refractivity contribution in [2.45, 2.75) is 26.2 Å². The maximum atomic E-state index is 11.5. The van der Waals surface area contributed by atoms with Crippen LogP contribution >= 0.6 is 0 Å². The number of rotatable bonds is 6. The average Bonchev–Trinajstić information content (AvgIpc) is 2.47. The Morgan fingerprint density at radius 3 is 2.85 bits per heavy atom. The summed E-state index contributed by atoms with van der Waals surface area (Å²) in [6, 6.07) is 10.1. The maximum absolute atomic E-state index is 11.5. The van der Waals surface area contributed by atoms with Crippen LogP contribution in [0.2, 0.25) is 0 Å². The van der Waals surface area contributed by atoms with Crippen molar-refractivity contribution in [1.82, 2.24) is 5.32 Å². The highest BCUT2D eigenvalue weighted by Gasteiger charge is 1.95. The fourth-order valence-corrected chi connectivity index (χ4v) is 1.59. The molecule has 1 N–H and O–H groups in total. The molecule has 1 amide bonds. The number of hydrogen-bond acceptors (Lipinski definition) is 1. The quantitative estimate of drug-likeness (QED) is 0.478. The lowest BCUT2D eigenvalue weighted by Crippen LogP contribution is -2.23. The van der Waals surface area contributed by atoms with Gasteiger partial charge in [0, 0.05) is 13.0 Å². The van der Waals surface area contributed by atoms with Crippen molar-refractivity contribution in [3.8, 4) is 11.8 Å². The van der Waals surface area contributed by atoms with Crippen molar-refractivity contribution in [2.75, 3.05) is 6.54 Å². The SMILES string of the molecule is CC=CC#CCCC=CC(=O)NCCc1ccccc1. The molecule has 0 aliphatic heterocycles. The van der Waals surface area contributed by atoms with Crippen LogP contribution in [0.5, 0.6) is 0 Å². The van der Waals surface area contributed by atoms with E-state index in [-0.39, 0.29) is 5.91 Å². The molecular weight excluding hydrogens is 246 g/mol. The molecule has 0 saturated carbocycles. The monoisotopic (exact) mass is 267 g/mol. The molecule has 104 valence electrons. The molecule has 0 heterocycles. The van der Waals surface area contributed by atoms with Gasteiger partial charge in [-0.2, -0.15) is 0 Å². The van der Waals surface area contributed by atoms with Crippen LogP contribution in [-0.2, 0) is 11.2 Å². The fourth-order valence-electron chi connectivity index (χ4n) is 1.59. The molecule has 0 saturated heterocycles. The summed E-state index contributed by atoms with van der Waals surface area (Å²) < 4.78 is 0. The summed E-state index contributed by atoms with van der Waals surface area (Å²) in [5.41, 5.74) is 1.23. The van der Waals surface area contributed by atoms with Gasteiger partial charge >= 0.3 is 0 Å². The molecular formula is C18H21NO.